The van der Waals surface area contributed by atoms with Crippen LogP contribution in [0, 0.1) is 5.92 Å². The van der Waals surface area contributed by atoms with Gasteiger partial charge in [0.25, 0.3) is 0 Å². The number of carboxylic acids is 1. The molecule has 0 saturated carbocycles. The Morgan fingerprint density at radius 1 is 1.29 bits per heavy atom. The highest BCUT2D eigenvalue weighted by atomic mass is 16.5. The van der Waals surface area contributed by atoms with Crippen molar-refractivity contribution < 1.29 is 29.0 Å². The second-order valence-electron chi connectivity index (χ2n) is 6.73. The third-order valence-electron chi connectivity index (χ3n) is 4.93. The highest BCUT2D eigenvalue weighted by Gasteiger charge is 2.44. The van der Waals surface area contributed by atoms with E-state index < -0.39 is 30.4 Å². The number of nitrogens with one attached hydrogen (secondary N) is 1. The van der Waals surface area contributed by atoms with Gasteiger partial charge in [0.2, 0.25) is 0 Å². The van der Waals surface area contributed by atoms with Crippen LogP contribution in [0.25, 0.3) is 0 Å². The molecule has 2 atom stereocenters. The van der Waals surface area contributed by atoms with Gasteiger partial charge in [-0.25, -0.2) is 0 Å². The second-order valence-corrected chi connectivity index (χ2v) is 6.73. The minimum absolute atomic E-state index is 0.0461. The van der Waals surface area contributed by atoms with Gasteiger partial charge in [0.1, 0.15) is 18.3 Å². The summed E-state index contributed by atoms with van der Waals surface area (Å²) in [6, 6.07) is 6.79. The molecule has 1 N–H and O–H groups in total. The fourth-order valence-corrected chi connectivity index (χ4v) is 3.84. The van der Waals surface area contributed by atoms with E-state index in [0.717, 1.165) is 12.1 Å². The lowest BCUT2D eigenvalue weighted by Crippen LogP contribution is -2.41. The van der Waals surface area contributed by atoms with E-state index in [2.05, 4.69) is 11.9 Å². The first-order chi connectivity index (χ1) is 13.4. The zero-order valence-electron chi connectivity index (χ0n) is 15.7. The third kappa shape index (κ3) is 3.78. The quantitative estimate of drug-likeness (QED) is 0.735. The van der Waals surface area contributed by atoms with E-state index in [0.29, 0.717) is 29.7 Å². The van der Waals surface area contributed by atoms with E-state index >= 15 is 0 Å². The lowest BCUT2D eigenvalue weighted by atomic mass is 9.71. The summed E-state index contributed by atoms with van der Waals surface area (Å²) in [5, 5.41) is 14.0. The van der Waals surface area contributed by atoms with Crippen LogP contribution in [0.5, 0.6) is 5.75 Å². The van der Waals surface area contributed by atoms with E-state index in [-0.39, 0.29) is 18.1 Å². The summed E-state index contributed by atoms with van der Waals surface area (Å²) >= 11 is 0. The van der Waals surface area contributed by atoms with Gasteiger partial charge in [-0.2, -0.15) is 0 Å². The van der Waals surface area contributed by atoms with Crippen LogP contribution < -0.4 is 15.2 Å². The van der Waals surface area contributed by atoms with Crippen LogP contribution in [-0.4, -0.2) is 30.9 Å². The van der Waals surface area contributed by atoms with Gasteiger partial charge in [-0.1, -0.05) is 24.8 Å². The van der Waals surface area contributed by atoms with E-state index in [1.165, 1.54) is 0 Å². The summed E-state index contributed by atoms with van der Waals surface area (Å²) in [4.78, 5) is 36.4. The number of Topliss-reactive ketones (excluding diaryl/α,β-unsaturated/α-hetero) is 1. The molecular weight excluding hydrogens is 362 g/mol. The Labute approximate surface area is 163 Å². The monoisotopic (exact) mass is 384 g/mol. The molecule has 0 radical (unpaired) electrons. The van der Waals surface area contributed by atoms with Crippen molar-refractivity contribution in [2.75, 3.05) is 13.2 Å². The SMILES string of the molecule is C=C1NC2=C(C(=O)CCC2)C(c2ccccc2OCC(=O)[O-])C1C(=O)OCC. The Kier molecular flexibility index (Phi) is 5.82. The Balaban J connectivity index is 2.14. The van der Waals surface area contributed by atoms with Crippen molar-refractivity contribution in [1.29, 1.82) is 0 Å². The van der Waals surface area contributed by atoms with Gasteiger partial charge in [0.15, 0.2) is 5.78 Å². The third-order valence-corrected chi connectivity index (χ3v) is 4.93. The van der Waals surface area contributed by atoms with Crippen molar-refractivity contribution in [2.45, 2.75) is 32.1 Å². The van der Waals surface area contributed by atoms with E-state index in [1.54, 1.807) is 31.2 Å². The molecule has 1 aromatic rings. The molecule has 0 bridgehead atoms. The fourth-order valence-electron chi connectivity index (χ4n) is 3.84. The van der Waals surface area contributed by atoms with Crippen LogP contribution in [-0.2, 0) is 19.1 Å². The molecule has 0 spiro atoms. The predicted octanol–water partition coefficient (Wildman–Crippen LogP) is 1.20. The Hall–Kier alpha value is -3.09. The largest absolute Gasteiger partial charge is 0.546 e. The summed E-state index contributed by atoms with van der Waals surface area (Å²) in [7, 11) is 0. The molecule has 1 aliphatic carbocycles. The molecule has 1 aromatic carbocycles. The highest BCUT2D eigenvalue weighted by Crippen LogP contribution is 2.46. The Morgan fingerprint density at radius 2 is 2.04 bits per heavy atom. The molecule has 7 heteroatoms. The number of rotatable bonds is 6. The van der Waals surface area contributed by atoms with Crippen molar-refractivity contribution >= 4 is 17.7 Å². The molecule has 2 unspecified atom stereocenters. The number of ether oxygens (including phenoxy) is 2. The minimum atomic E-state index is -1.36. The molecule has 0 saturated heterocycles. The van der Waals surface area contributed by atoms with Gasteiger partial charge in [-0.15, -0.1) is 0 Å². The highest BCUT2D eigenvalue weighted by molar-refractivity contribution is 6.00. The lowest BCUT2D eigenvalue weighted by Gasteiger charge is -2.38. The number of hydrogen-bond donors (Lipinski definition) is 1. The predicted molar refractivity (Wildman–Crippen MR) is 98.0 cm³/mol. The summed E-state index contributed by atoms with van der Waals surface area (Å²) in [6.45, 7) is 5.26. The molecule has 3 rings (SSSR count). The Morgan fingerprint density at radius 3 is 2.75 bits per heavy atom. The van der Waals surface area contributed by atoms with Crippen molar-refractivity contribution in [2.24, 2.45) is 5.92 Å². The van der Waals surface area contributed by atoms with Crippen LogP contribution in [0.15, 0.2) is 47.8 Å². The summed E-state index contributed by atoms with van der Waals surface area (Å²) in [5.41, 5.74) is 2.27. The zero-order chi connectivity index (χ0) is 20.3. The number of para-hydroxylation sites is 1. The van der Waals surface area contributed by atoms with Crippen molar-refractivity contribution in [3.05, 3.63) is 53.4 Å². The summed E-state index contributed by atoms with van der Waals surface area (Å²) in [5.74, 6) is -3.10. The maximum atomic E-state index is 12.8. The number of ketones is 1. The van der Waals surface area contributed by atoms with Gasteiger partial charge in [0.05, 0.1) is 12.6 Å². The first-order valence-electron chi connectivity index (χ1n) is 9.24. The summed E-state index contributed by atoms with van der Waals surface area (Å²) in [6.07, 6.45) is 1.78. The van der Waals surface area contributed by atoms with Crippen molar-refractivity contribution in [1.82, 2.24) is 5.32 Å². The molecular formula is C21H22NO6-. The molecule has 0 fully saturated rings. The number of allylic oxidation sites excluding steroid dienone is 2. The number of esters is 1. The van der Waals surface area contributed by atoms with E-state index in [4.69, 9.17) is 9.47 Å². The van der Waals surface area contributed by atoms with Crippen molar-refractivity contribution in [3.8, 4) is 5.75 Å². The number of aliphatic carboxylic acids is 1. The molecule has 28 heavy (non-hydrogen) atoms. The second kappa shape index (κ2) is 8.29. The van der Waals surface area contributed by atoms with Crippen LogP contribution in [0.4, 0.5) is 0 Å². The number of carboxylic acid groups (broad SMARTS) is 1. The average molecular weight is 384 g/mol. The van der Waals surface area contributed by atoms with Gasteiger partial charge in [-0.05, 0) is 25.8 Å². The number of hydrogen-bond acceptors (Lipinski definition) is 7. The van der Waals surface area contributed by atoms with E-state index in [1.807, 2.05) is 0 Å². The van der Waals surface area contributed by atoms with Gasteiger partial charge in [0, 0.05) is 34.9 Å². The molecule has 1 heterocycles. The van der Waals surface area contributed by atoms with Gasteiger partial charge >= 0.3 is 5.97 Å². The molecule has 0 amide bonds. The van der Waals surface area contributed by atoms with Gasteiger partial charge in [-0.3, -0.25) is 9.59 Å². The maximum Gasteiger partial charge on any atom is 0.315 e. The van der Waals surface area contributed by atoms with Crippen LogP contribution in [0.2, 0.25) is 0 Å². The maximum absolute atomic E-state index is 12.8. The van der Waals surface area contributed by atoms with Crippen LogP contribution in [0.1, 0.15) is 37.7 Å². The van der Waals surface area contributed by atoms with Crippen LogP contribution >= 0.6 is 0 Å². The molecule has 0 aromatic heterocycles. The zero-order valence-corrected chi connectivity index (χ0v) is 15.7. The van der Waals surface area contributed by atoms with Gasteiger partial charge < -0.3 is 24.7 Å². The Bertz CT molecular complexity index is 856. The number of benzene rings is 1. The van der Waals surface area contributed by atoms with E-state index in [9.17, 15) is 19.5 Å². The normalized spacial score (nSPS) is 21.6. The van der Waals surface area contributed by atoms with Crippen LogP contribution in [0.3, 0.4) is 0 Å². The standard InChI is InChI=1S/C21H23NO6/c1-3-27-21(26)18-12(2)22-14-8-6-9-15(23)20(14)19(18)13-7-4-5-10-16(13)28-11-17(24)25/h4-5,7,10,18-19,22H,2-3,6,8-9,11H2,1H3,(H,24,25)/p-1. The molecule has 148 valence electrons. The molecule has 7 nitrogen and oxygen atoms in total. The summed E-state index contributed by atoms with van der Waals surface area (Å²) < 4.78 is 10.6. The smallest absolute Gasteiger partial charge is 0.315 e. The van der Waals surface area contributed by atoms with Crippen molar-refractivity contribution in [3.63, 3.8) is 0 Å². The fraction of sp³-hybridized carbons (Fsp3) is 0.381. The minimum Gasteiger partial charge on any atom is -0.546 e. The first kappa shape index (κ1) is 19.7. The average Bonchev–Trinajstić information content (AvgIpc) is 2.66. The first-order valence-corrected chi connectivity index (χ1v) is 9.24. The topological polar surface area (TPSA) is 105 Å². The number of carbonyl (C=O) groups is 3. The molecule has 1 aliphatic heterocycles. The molecule has 2 aliphatic rings. The lowest BCUT2D eigenvalue weighted by molar-refractivity contribution is -0.307. The number of carbonyl (C=O) groups excluding carboxylic acids is 3.